The Morgan fingerprint density at radius 2 is 2.27 bits per heavy atom. The Bertz CT molecular complexity index is 807. The van der Waals surface area contributed by atoms with Gasteiger partial charge in [0.2, 0.25) is 0 Å². The van der Waals surface area contributed by atoms with Crippen LogP contribution in [0.25, 0.3) is 11.3 Å². The zero-order valence-corrected chi connectivity index (χ0v) is 13.2. The van der Waals surface area contributed by atoms with Crippen LogP contribution in [0.15, 0.2) is 47.4 Å². The van der Waals surface area contributed by atoms with Crippen molar-refractivity contribution in [2.24, 2.45) is 5.18 Å². The molecule has 0 aliphatic carbocycles. The molecule has 2 N–H and O–H groups in total. The first-order valence-corrected chi connectivity index (χ1v) is 7.16. The number of hydrogen-bond acceptors (Lipinski definition) is 5. The van der Waals surface area contributed by atoms with Crippen molar-refractivity contribution in [3.8, 4) is 5.69 Å². The van der Waals surface area contributed by atoms with E-state index in [4.69, 9.17) is 23.8 Å². The Hall–Kier alpha value is -2.25. The molecule has 2 aromatic rings. The minimum atomic E-state index is -0.138. The van der Waals surface area contributed by atoms with E-state index in [-0.39, 0.29) is 12.3 Å². The summed E-state index contributed by atoms with van der Waals surface area (Å²) in [4.78, 5) is 10.2. The number of aromatic nitrogens is 3. The van der Waals surface area contributed by atoms with E-state index in [0.29, 0.717) is 26.9 Å². The molecule has 0 saturated heterocycles. The normalized spacial score (nSPS) is 12.5. The van der Waals surface area contributed by atoms with Gasteiger partial charge in [-0.2, -0.15) is 10.0 Å². The largest absolute Gasteiger partial charge is 0.507 e. The number of benzene rings is 1. The number of hydrogen-bond donors (Lipinski definition) is 2. The Morgan fingerprint density at radius 3 is 2.91 bits per heavy atom. The minimum absolute atomic E-state index is 0.107. The van der Waals surface area contributed by atoms with E-state index in [1.165, 1.54) is 6.08 Å². The van der Waals surface area contributed by atoms with E-state index in [2.05, 4.69) is 15.4 Å². The number of aromatic amines is 1. The molecule has 0 amide bonds. The van der Waals surface area contributed by atoms with E-state index in [9.17, 15) is 10.0 Å². The molecule has 8 heteroatoms. The molecule has 0 fully saturated rings. The first kappa shape index (κ1) is 16.1. The Labute approximate surface area is 136 Å². The number of H-pyrrole nitrogens is 1. The van der Waals surface area contributed by atoms with E-state index in [1.807, 2.05) is 6.07 Å². The highest BCUT2D eigenvalue weighted by Crippen LogP contribution is 2.26. The number of para-hydroxylation sites is 1. The number of nitrogens with zero attached hydrogens (tertiary/aromatic N) is 3. The molecule has 0 aliphatic rings. The van der Waals surface area contributed by atoms with Gasteiger partial charge in [0.25, 0.3) is 0 Å². The molecule has 1 heterocycles. The number of halogens is 1. The third kappa shape index (κ3) is 3.15. The molecular weight excluding hydrogens is 324 g/mol. The van der Waals surface area contributed by atoms with Crippen LogP contribution in [0, 0.1) is 9.68 Å². The molecule has 114 valence electrons. The van der Waals surface area contributed by atoms with Crippen LogP contribution >= 0.6 is 23.8 Å². The maximum Gasteiger partial charge on any atom is 0.200 e. The zero-order chi connectivity index (χ0) is 16.1. The first-order chi connectivity index (χ1) is 10.6. The molecule has 0 saturated carbocycles. The topological polar surface area (TPSA) is 83.3 Å². The molecule has 6 nitrogen and oxygen atoms in total. The monoisotopic (exact) mass is 336 g/mol. The van der Waals surface area contributed by atoms with Crippen molar-refractivity contribution in [1.29, 1.82) is 0 Å². The van der Waals surface area contributed by atoms with Crippen LogP contribution in [-0.2, 0) is 0 Å². The van der Waals surface area contributed by atoms with E-state index in [0.717, 1.165) is 0 Å². The lowest BCUT2D eigenvalue weighted by Gasteiger charge is -2.10. The van der Waals surface area contributed by atoms with Crippen LogP contribution in [0.4, 0.5) is 0 Å². The smallest absolute Gasteiger partial charge is 0.200 e. The average molecular weight is 337 g/mol. The summed E-state index contributed by atoms with van der Waals surface area (Å²) in [5.74, 6) is 0.282. The summed E-state index contributed by atoms with van der Waals surface area (Å²) in [6.07, 6.45) is 2.96. The van der Waals surface area contributed by atoms with Crippen molar-refractivity contribution >= 4 is 29.4 Å². The van der Waals surface area contributed by atoms with Gasteiger partial charge in [0.1, 0.15) is 12.3 Å². The van der Waals surface area contributed by atoms with Gasteiger partial charge in [0.15, 0.2) is 10.6 Å². The van der Waals surface area contributed by atoms with Crippen molar-refractivity contribution in [1.82, 2.24) is 14.8 Å². The SMILES string of the molecule is C/C=C(\C(O)=C/CN=O)c1n[nH]c(=S)n1-c1ccccc1Cl. The molecule has 0 bridgehead atoms. The summed E-state index contributed by atoms with van der Waals surface area (Å²) in [5.41, 5.74) is 1.05. The van der Waals surface area contributed by atoms with Crippen molar-refractivity contribution in [2.75, 3.05) is 6.54 Å². The Morgan fingerprint density at radius 1 is 1.55 bits per heavy atom. The minimum Gasteiger partial charge on any atom is -0.507 e. The van der Waals surface area contributed by atoms with Gasteiger partial charge in [0.05, 0.1) is 16.3 Å². The highest BCUT2D eigenvalue weighted by Gasteiger charge is 2.17. The number of allylic oxidation sites excluding steroid dienone is 2. The maximum absolute atomic E-state index is 10.2. The van der Waals surface area contributed by atoms with Crippen LogP contribution in [0.3, 0.4) is 0 Å². The standard InChI is InChI=1S/C14H13ClN4O2S/c1-2-9(12(20)7-8-16-21)13-17-18-14(22)19(13)11-6-4-3-5-10(11)15/h2-7,20H,8H2,1H3,(H,18,22)/b9-2+,12-7+. The fraction of sp³-hybridized carbons (Fsp3) is 0.143. The third-order valence-electron chi connectivity index (χ3n) is 2.93. The van der Waals surface area contributed by atoms with Crippen molar-refractivity contribution in [3.05, 3.63) is 62.7 Å². The van der Waals surface area contributed by atoms with Gasteiger partial charge >= 0.3 is 0 Å². The van der Waals surface area contributed by atoms with Gasteiger partial charge in [-0.25, -0.2) is 0 Å². The Balaban J connectivity index is 2.61. The van der Waals surface area contributed by atoms with E-state index in [1.54, 1.807) is 35.8 Å². The fourth-order valence-electron chi connectivity index (χ4n) is 1.96. The van der Waals surface area contributed by atoms with Crippen molar-refractivity contribution in [3.63, 3.8) is 0 Å². The molecule has 0 radical (unpaired) electrons. The predicted octanol–water partition coefficient (Wildman–Crippen LogP) is 4.19. The number of rotatable bonds is 5. The van der Waals surface area contributed by atoms with Crippen LogP contribution < -0.4 is 0 Å². The van der Waals surface area contributed by atoms with Crippen LogP contribution in [0.5, 0.6) is 0 Å². The highest BCUT2D eigenvalue weighted by atomic mass is 35.5. The van der Waals surface area contributed by atoms with Gasteiger partial charge in [-0.05, 0) is 37.4 Å². The van der Waals surface area contributed by atoms with Crippen LogP contribution in [-0.4, -0.2) is 26.4 Å². The van der Waals surface area contributed by atoms with Crippen molar-refractivity contribution < 1.29 is 5.11 Å². The zero-order valence-electron chi connectivity index (χ0n) is 11.7. The second kappa shape index (κ2) is 7.15. The van der Waals surface area contributed by atoms with Gasteiger partial charge < -0.3 is 5.11 Å². The lowest BCUT2D eigenvalue weighted by atomic mass is 10.1. The second-order valence-electron chi connectivity index (χ2n) is 4.24. The third-order valence-corrected chi connectivity index (χ3v) is 3.52. The molecule has 0 unspecified atom stereocenters. The lowest BCUT2D eigenvalue weighted by molar-refractivity contribution is 0.435. The summed E-state index contributed by atoms with van der Waals surface area (Å²) < 4.78 is 1.95. The van der Waals surface area contributed by atoms with Crippen LogP contribution in [0.1, 0.15) is 12.7 Å². The number of nitroso groups, excluding NO2 is 1. The first-order valence-electron chi connectivity index (χ1n) is 6.37. The highest BCUT2D eigenvalue weighted by molar-refractivity contribution is 7.71. The molecule has 0 spiro atoms. The fourth-order valence-corrected chi connectivity index (χ4v) is 2.41. The quantitative estimate of drug-likeness (QED) is 0.371. The molecule has 0 aliphatic heterocycles. The summed E-state index contributed by atoms with van der Waals surface area (Å²) in [6.45, 7) is 1.60. The molecule has 22 heavy (non-hydrogen) atoms. The van der Waals surface area contributed by atoms with Gasteiger partial charge in [-0.3, -0.25) is 9.67 Å². The van der Waals surface area contributed by atoms with Crippen molar-refractivity contribution in [2.45, 2.75) is 6.92 Å². The summed E-state index contributed by atoms with van der Waals surface area (Å²) >= 11 is 11.5. The average Bonchev–Trinajstić information content (AvgIpc) is 2.88. The van der Waals surface area contributed by atoms with Gasteiger partial charge in [-0.1, -0.05) is 35.0 Å². The summed E-state index contributed by atoms with van der Waals surface area (Å²) in [7, 11) is 0. The molecular formula is C14H13ClN4O2S. The second-order valence-corrected chi connectivity index (χ2v) is 5.04. The number of aliphatic hydroxyl groups is 1. The molecule has 1 aromatic heterocycles. The Kier molecular flexibility index (Phi) is 5.24. The van der Waals surface area contributed by atoms with E-state index >= 15 is 0 Å². The van der Waals surface area contributed by atoms with E-state index < -0.39 is 0 Å². The molecule has 2 rings (SSSR count). The predicted molar refractivity (Wildman–Crippen MR) is 88.8 cm³/mol. The summed E-state index contributed by atoms with van der Waals surface area (Å²) in [6, 6.07) is 7.15. The van der Waals surface area contributed by atoms with Gasteiger partial charge in [0, 0.05) is 0 Å². The number of nitrogens with one attached hydrogen (secondary N) is 1. The number of aliphatic hydroxyl groups excluding tert-OH is 1. The molecule has 1 aromatic carbocycles. The molecule has 0 atom stereocenters. The lowest BCUT2D eigenvalue weighted by Crippen LogP contribution is -2.03. The summed E-state index contributed by atoms with van der Waals surface area (Å²) in [5, 5.41) is 20.1. The maximum atomic E-state index is 10.2. The van der Waals surface area contributed by atoms with Gasteiger partial charge in [-0.15, -0.1) is 0 Å². The van der Waals surface area contributed by atoms with Crippen LogP contribution in [0.2, 0.25) is 5.02 Å².